The van der Waals surface area contributed by atoms with Crippen LogP contribution in [-0.4, -0.2) is 10.1 Å². The zero-order valence-corrected chi connectivity index (χ0v) is 15.5. The van der Waals surface area contributed by atoms with Gasteiger partial charge in [-0.1, -0.05) is 69.3 Å². The molecule has 0 amide bonds. The molecule has 0 spiro atoms. The molecule has 132 valence electrons. The van der Waals surface area contributed by atoms with Crippen molar-refractivity contribution in [1.82, 2.24) is 10.1 Å². The first kappa shape index (κ1) is 17.5. The summed E-state index contributed by atoms with van der Waals surface area (Å²) in [5, 5.41) is 7.55. The Kier molecular flexibility index (Phi) is 5.37. The summed E-state index contributed by atoms with van der Waals surface area (Å²) in [6, 6.07) is 6.43. The molecule has 1 aromatic carbocycles. The number of aromatic nitrogens is 2. The van der Waals surface area contributed by atoms with Crippen molar-refractivity contribution < 1.29 is 4.52 Å². The van der Waals surface area contributed by atoms with E-state index < -0.39 is 0 Å². The van der Waals surface area contributed by atoms with E-state index in [9.17, 15) is 0 Å². The van der Waals surface area contributed by atoms with Gasteiger partial charge in [0.25, 0.3) is 5.89 Å². The average Bonchev–Trinajstić information content (AvgIpc) is 3.14. The van der Waals surface area contributed by atoms with Gasteiger partial charge in [-0.15, -0.1) is 0 Å². The Morgan fingerprint density at radius 2 is 1.76 bits per heavy atom. The van der Waals surface area contributed by atoms with Gasteiger partial charge in [0, 0.05) is 5.69 Å². The largest absolute Gasteiger partial charge is 0.370 e. The molecule has 25 heavy (non-hydrogen) atoms. The predicted molar refractivity (Wildman–Crippen MR) is 102 cm³/mol. The minimum atomic E-state index is -0.128. The average molecular weight is 337 g/mol. The van der Waals surface area contributed by atoms with E-state index in [1.54, 1.807) is 0 Å². The van der Waals surface area contributed by atoms with Crippen LogP contribution >= 0.6 is 0 Å². The minimum Gasteiger partial charge on any atom is -0.370 e. The number of rotatable bonds is 6. The number of nitrogens with zero attached hydrogens (tertiary/aromatic N) is 2. The Bertz CT molecular complexity index is 731. The van der Waals surface area contributed by atoms with Gasteiger partial charge in [-0.2, -0.15) is 4.98 Å². The van der Waals surface area contributed by atoms with Crippen LogP contribution in [-0.2, 0) is 0 Å². The Balaban J connectivity index is 2.05. The zero-order valence-electron chi connectivity index (χ0n) is 15.5. The monoisotopic (exact) mass is 337 g/mol. The van der Waals surface area contributed by atoms with Crippen LogP contribution < -0.4 is 5.32 Å². The Labute approximate surface area is 150 Å². The lowest BCUT2D eigenvalue weighted by molar-refractivity contribution is 0.371. The SMILES string of the molecule is CC(C)c1cccc(C(C)C)c1NC(C1=CCCC=C1)c1ncno1. The van der Waals surface area contributed by atoms with Crippen LogP contribution in [0.5, 0.6) is 0 Å². The summed E-state index contributed by atoms with van der Waals surface area (Å²) in [7, 11) is 0. The molecular weight excluding hydrogens is 310 g/mol. The Hall–Kier alpha value is -2.36. The topological polar surface area (TPSA) is 51.0 Å². The first-order chi connectivity index (χ1) is 12.1. The first-order valence-corrected chi connectivity index (χ1v) is 9.10. The molecule has 1 unspecified atom stereocenters. The molecule has 4 nitrogen and oxygen atoms in total. The summed E-state index contributed by atoms with van der Waals surface area (Å²) in [6.07, 6.45) is 10.2. The first-order valence-electron chi connectivity index (χ1n) is 9.10. The summed E-state index contributed by atoms with van der Waals surface area (Å²) in [5.41, 5.74) is 5.01. The van der Waals surface area contributed by atoms with E-state index in [-0.39, 0.29) is 6.04 Å². The Morgan fingerprint density at radius 1 is 1.04 bits per heavy atom. The molecule has 0 aliphatic heterocycles. The van der Waals surface area contributed by atoms with Crippen molar-refractivity contribution in [2.24, 2.45) is 0 Å². The Morgan fingerprint density at radius 3 is 2.28 bits per heavy atom. The normalized spacial score (nSPS) is 15.5. The zero-order chi connectivity index (χ0) is 17.8. The summed E-state index contributed by atoms with van der Waals surface area (Å²) in [6.45, 7) is 8.91. The fraction of sp³-hybridized carbons (Fsp3) is 0.429. The number of hydrogen-bond acceptors (Lipinski definition) is 4. The number of nitrogens with one attached hydrogen (secondary N) is 1. The molecule has 0 saturated carbocycles. The van der Waals surface area contributed by atoms with Gasteiger partial charge in [0.2, 0.25) is 0 Å². The highest BCUT2D eigenvalue weighted by atomic mass is 16.5. The smallest absolute Gasteiger partial charge is 0.253 e. The van der Waals surface area contributed by atoms with Crippen LogP contribution in [0.2, 0.25) is 0 Å². The molecule has 1 atom stereocenters. The molecule has 0 fully saturated rings. The molecule has 1 N–H and O–H groups in total. The van der Waals surface area contributed by atoms with E-state index in [0.717, 1.165) is 12.8 Å². The van der Waals surface area contributed by atoms with E-state index in [2.05, 4.69) is 79.6 Å². The summed E-state index contributed by atoms with van der Waals surface area (Å²) in [5.74, 6) is 1.46. The molecule has 1 aliphatic carbocycles. The fourth-order valence-corrected chi connectivity index (χ4v) is 3.31. The molecule has 0 bridgehead atoms. The van der Waals surface area contributed by atoms with Crippen molar-refractivity contribution in [3.63, 3.8) is 0 Å². The third-order valence-corrected chi connectivity index (χ3v) is 4.64. The molecule has 3 rings (SSSR count). The standard InChI is InChI=1S/C21H27N3O/c1-14(2)17-11-8-12-18(15(3)4)20(17)24-19(21-22-13-23-25-21)16-9-6-5-7-10-16/h6,8-15,19,24H,5,7H2,1-4H3. The second-order valence-electron chi connectivity index (χ2n) is 7.16. The van der Waals surface area contributed by atoms with Crippen molar-refractivity contribution in [3.8, 4) is 0 Å². The molecule has 1 heterocycles. The maximum absolute atomic E-state index is 5.42. The minimum absolute atomic E-state index is 0.128. The number of anilines is 1. The van der Waals surface area contributed by atoms with Crippen molar-refractivity contribution >= 4 is 5.69 Å². The lowest BCUT2D eigenvalue weighted by Gasteiger charge is -2.26. The quantitative estimate of drug-likeness (QED) is 0.729. The molecule has 4 heteroatoms. The summed E-state index contributed by atoms with van der Waals surface area (Å²) >= 11 is 0. The van der Waals surface area contributed by atoms with Crippen LogP contribution in [0.1, 0.15) is 75.4 Å². The third-order valence-electron chi connectivity index (χ3n) is 4.64. The fourth-order valence-electron chi connectivity index (χ4n) is 3.31. The van der Waals surface area contributed by atoms with Crippen LogP contribution in [0.25, 0.3) is 0 Å². The molecule has 2 aromatic rings. The number of benzene rings is 1. The van der Waals surface area contributed by atoms with Crippen molar-refractivity contribution in [2.45, 2.75) is 58.4 Å². The highest BCUT2D eigenvalue weighted by molar-refractivity contribution is 5.62. The third kappa shape index (κ3) is 3.84. The molecule has 1 aliphatic rings. The number of hydrogen-bond donors (Lipinski definition) is 1. The van der Waals surface area contributed by atoms with Gasteiger partial charge in [0.1, 0.15) is 6.04 Å². The lowest BCUT2D eigenvalue weighted by atomic mass is 9.91. The van der Waals surface area contributed by atoms with Gasteiger partial charge >= 0.3 is 0 Å². The van der Waals surface area contributed by atoms with Gasteiger partial charge < -0.3 is 9.84 Å². The number of para-hydroxylation sites is 1. The van der Waals surface area contributed by atoms with Crippen molar-refractivity contribution in [2.75, 3.05) is 5.32 Å². The maximum Gasteiger partial charge on any atom is 0.253 e. The highest BCUT2D eigenvalue weighted by Crippen LogP contribution is 2.37. The summed E-state index contributed by atoms with van der Waals surface area (Å²) in [4.78, 5) is 4.32. The predicted octanol–water partition coefficient (Wildman–Crippen LogP) is 5.75. The van der Waals surface area contributed by atoms with E-state index in [0.29, 0.717) is 17.7 Å². The van der Waals surface area contributed by atoms with Crippen LogP contribution in [0.15, 0.2) is 52.9 Å². The van der Waals surface area contributed by atoms with Crippen molar-refractivity contribution in [1.29, 1.82) is 0 Å². The highest BCUT2D eigenvalue weighted by Gasteiger charge is 2.24. The van der Waals surface area contributed by atoms with E-state index in [1.807, 2.05) is 0 Å². The van der Waals surface area contributed by atoms with Crippen LogP contribution in [0.3, 0.4) is 0 Å². The van der Waals surface area contributed by atoms with E-state index >= 15 is 0 Å². The van der Waals surface area contributed by atoms with Gasteiger partial charge in [-0.3, -0.25) is 0 Å². The van der Waals surface area contributed by atoms with Gasteiger partial charge in [0.15, 0.2) is 6.33 Å². The number of allylic oxidation sites excluding steroid dienone is 2. The molecule has 0 radical (unpaired) electrons. The van der Waals surface area contributed by atoms with Crippen molar-refractivity contribution in [3.05, 3.63) is 65.3 Å². The molecular formula is C21H27N3O. The lowest BCUT2D eigenvalue weighted by Crippen LogP contribution is -2.17. The molecule has 1 aromatic heterocycles. The summed E-state index contributed by atoms with van der Waals surface area (Å²) < 4.78 is 5.42. The van der Waals surface area contributed by atoms with Crippen LogP contribution in [0, 0.1) is 0 Å². The van der Waals surface area contributed by atoms with Gasteiger partial charge in [0.05, 0.1) is 0 Å². The molecule has 0 saturated heterocycles. The van der Waals surface area contributed by atoms with Gasteiger partial charge in [-0.05, 0) is 41.4 Å². The van der Waals surface area contributed by atoms with E-state index in [4.69, 9.17) is 4.52 Å². The second kappa shape index (κ2) is 7.68. The maximum atomic E-state index is 5.42. The second-order valence-corrected chi connectivity index (χ2v) is 7.16. The van der Waals surface area contributed by atoms with Crippen LogP contribution in [0.4, 0.5) is 5.69 Å². The van der Waals surface area contributed by atoms with Gasteiger partial charge in [-0.25, -0.2) is 0 Å². The van der Waals surface area contributed by atoms with E-state index in [1.165, 1.54) is 28.7 Å².